The third-order valence-corrected chi connectivity index (χ3v) is 2.60. The number of hydrogen-bond donors (Lipinski definition) is 2. The lowest BCUT2D eigenvalue weighted by molar-refractivity contribution is -0.136. The predicted octanol–water partition coefficient (Wildman–Crippen LogP) is 0.869. The van der Waals surface area contributed by atoms with Crippen molar-refractivity contribution in [1.29, 1.82) is 5.26 Å². The van der Waals surface area contributed by atoms with Gasteiger partial charge in [0.05, 0.1) is 11.8 Å². The minimum absolute atomic E-state index is 0.182. The number of hydrogen-bond acceptors (Lipinski definition) is 3. The van der Waals surface area contributed by atoms with Crippen LogP contribution < -0.4 is 10.6 Å². The van der Waals surface area contributed by atoms with Gasteiger partial charge in [-0.2, -0.15) is 5.26 Å². The van der Waals surface area contributed by atoms with Crippen molar-refractivity contribution in [1.82, 2.24) is 5.32 Å². The zero-order valence-corrected chi connectivity index (χ0v) is 10.3. The molecule has 0 saturated carbocycles. The van der Waals surface area contributed by atoms with Crippen LogP contribution in [0.2, 0.25) is 0 Å². The molecule has 0 aliphatic carbocycles. The Bertz CT molecular complexity index is 454. The number of para-hydroxylation sites is 1. The van der Waals surface area contributed by atoms with E-state index in [2.05, 4.69) is 10.6 Å². The van der Waals surface area contributed by atoms with Crippen molar-refractivity contribution in [2.24, 2.45) is 0 Å². The topological polar surface area (TPSA) is 82.0 Å². The first-order chi connectivity index (χ1) is 7.65. The maximum atomic E-state index is 11.3. The Morgan fingerprint density at radius 3 is 2.62 bits per heavy atom. The first-order valence-corrected chi connectivity index (χ1v) is 5.43. The number of halogens is 1. The summed E-state index contributed by atoms with van der Waals surface area (Å²) in [5.41, 5.74) is 0.570. The summed E-state index contributed by atoms with van der Waals surface area (Å²) in [6.07, 6.45) is 0. The molecule has 0 aliphatic rings. The summed E-state index contributed by atoms with van der Waals surface area (Å²) >= 11 is 2.05. The van der Waals surface area contributed by atoms with Crippen molar-refractivity contribution in [3.05, 3.63) is 27.8 Å². The van der Waals surface area contributed by atoms with Crippen LogP contribution >= 0.6 is 22.6 Å². The lowest BCUT2D eigenvalue weighted by Crippen LogP contribution is -2.35. The summed E-state index contributed by atoms with van der Waals surface area (Å²) in [6, 6.07) is 8.80. The Kier molecular flexibility index (Phi) is 4.72. The maximum Gasteiger partial charge on any atom is 0.313 e. The van der Waals surface area contributed by atoms with Crippen LogP contribution in [-0.4, -0.2) is 18.4 Å². The van der Waals surface area contributed by atoms with Crippen LogP contribution in [0, 0.1) is 14.9 Å². The van der Waals surface area contributed by atoms with Crippen molar-refractivity contribution in [3.8, 4) is 6.07 Å². The van der Waals surface area contributed by atoms with Gasteiger partial charge in [0, 0.05) is 3.57 Å². The quantitative estimate of drug-likeness (QED) is 0.480. The number of rotatable bonds is 2. The van der Waals surface area contributed by atoms with Crippen molar-refractivity contribution < 1.29 is 9.59 Å². The lowest BCUT2D eigenvalue weighted by Gasteiger charge is -2.05. The molecular weight excluding hydrogens is 321 g/mol. The summed E-state index contributed by atoms with van der Waals surface area (Å²) in [7, 11) is 0. The number of carbonyl (C=O) groups excluding carboxylic acids is 2. The summed E-state index contributed by atoms with van der Waals surface area (Å²) in [5.74, 6) is -1.60. The average molecular weight is 329 g/mol. The summed E-state index contributed by atoms with van der Waals surface area (Å²) in [5, 5.41) is 12.8. The molecule has 0 atom stereocenters. The molecule has 6 heteroatoms. The largest absolute Gasteiger partial charge is 0.335 e. The van der Waals surface area contributed by atoms with Gasteiger partial charge in [-0.1, -0.05) is 12.1 Å². The van der Waals surface area contributed by atoms with Crippen molar-refractivity contribution in [3.63, 3.8) is 0 Å². The van der Waals surface area contributed by atoms with Gasteiger partial charge in [-0.05, 0) is 34.7 Å². The van der Waals surface area contributed by atoms with Crippen LogP contribution in [0.25, 0.3) is 0 Å². The van der Waals surface area contributed by atoms with E-state index in [0.29, 0.717) is 5.69 Å². The van der Waals surface area contributed by atoms with E-state index in [1.165, 1.54) is 0 Å². The molecule has 0 aliphatic heterocycles. The maximum absolute atomic E-state index is 11.3. The molecule has 0 bridgehead atoms. The number of anilines is 1. The normalized spacial score (nSPS) is 9.00. The molecule has 0 unspecified atom stereocenters. The average Bonchev–Trinajstić information content (AvgIpc) is 2.28. The highest BCUT2D eigenvalue weighted by molar-refractivity contribution is 14.1. The summed E-state index contributed by atoms with van der Waals surface area (Å²) < 4.78 is 0.835. The molecule has 16 heavy (non-hydrogen) atoms. The highest BCUT2D eigenvalue weighted by atomic mass is 127. The third-order valence-electron chi connectivity index (χ3n) is 1.66. The Morgan fingerprint density at radius 1 is 1.31 bits per heavy atom. The van der Waals surface area contributed by atoms with Crippen LogP contribution in [0.1, 0.15) is 0 Å². The van der Waals surface area contributed by atoms with Crippen molar-refractivity contribution in [2.45, 2.75) is 0 Å². The van der Waals surface area contributed by atoms with Crippen LogP contribution in [0.4, 0.5) is 5.69 Å². The fraction of sp³-hybridized carbons (Fsp3) is 0.100. The van der Waals surface area contributed by atoms with Gasteiger partial charge in [0.25, 0.3) is 0 Å². The zero-order valence-electron chi connectivity index (χ0n) is 8.16. The summed E-state index contributed by atoms with van der Waals surface area (Å²) in [4.78, 5) is 22.5. The van der Waals surface area contributed by atoms with Gasteiger partial charge >= 0.3 is 11.8 Å². The number of amides is 2. The van der Waals surface area contributed by atoms with Gasteiger partial charge in [-0.25, -0.2) is 0 Å². The van der Waals surface area contributed by atoms with Crippen LogP contribution in [0.3, 0.4) is 0 Å². The fourth-order valence-electron chi connectivity index (χ4n) is 0.942. The molecule has 5 nitrogen and oxygen atoms in total. The minimum atomic E-state index is -0.818. The van der Waals surface area contributed by atoms with E-state index in [0.717, 1.165) is 3.57 Å². The number of nitrogens with zero attached hydrogens (tertiary/aromatic N) is 1. The van der Waals surface area contributed by atoms with Gasteiger partial charge in [-0.15, -0.1) is 0 Å². The Hall–Kier alpha value is -1.62. The van der Waals surface area contributed by atoms with Crippen LogP contribution in [0.15, 0.2) is 24.3 Å². The van der Waals surface area contributed by atoms with Crippen LogP contribution in [0.5, 0.6) is 0 Å². The van der Waals surface area contributed by atoms with Gasteiger partial charge in [-0.3, -0.25) is 9.59 Å². The number of benzene rings is 1. The van der Waals surface area contributed by atoms with E-state index in [-0.39, 0.29) is 6.54 Å². The predicted molar refractivity (Wildman–Crippen MR) is 66.4 cm³/mol. The van der Waals surface area contributed by atoms with E-state index in [4.69, 9.17) is 5.26 Å². The number of nitriles is 1. The smallest absolute Gasteiger partial charge is 0.313 e. The van der Waals surface area contributed by atoms with E-state index in [9.17, 15) is 9.59 Å². The molecular formula is C10H8IN3O2. The SMILES string of the molecule is N#CCNC(=O)C(=O)Nc1ccccc1I. The van der Waals surface area contributed by atoms with E-state index < -0.39 is 11.8 Å². The van der Waals surface area contributed by atoms with E-state index in [1.54, 1.807) is 18.2 Å². The molecule has 2 N–H and O–H groups in total. The first kappa shape index (κ1) is 12.4. The highest BCUT2D eigenvalue weighted by Gasteiger charge is 2.13. The van der Waals surface area contributed by atoms with E-state index >= 15 is 0 Å². The molecule has 0 aromatic heterocycles. The summed E-state index contributed by atoms with van der Waals surface area (Å²) in [6.45, 7) is -0.182. The molecule has 0 spiro atoms. The molecule has 1 aromatic rings. The second-order valence-electron chi connectivity index (χ2n) is 2.77. The second-order valence-corrected chi connectivity index (χ2v) is 3.94. The van der Waals surface area contributed by atoms with Gasteiger partial charge < -0.3 is 10.6 Å². The van der Waals surface area contributed by atoms with Crippen molar-refractivity contribution >= 4 is 40.1 Å². The molecule has 0 heterocycles. The molecule has 0 saturated heterocycles. The third kappa shape index (κ3) is 3.51. The van der Waals surface area contributed by atoms with Crippen LogP contribution in [-0.2, 0) is 9.59 Å². The Labute approximate surface area is 106 Å². The van der Waals surface area contributed by atoms with E-state index in [1.807, 2.05) is 34.7 Å². The van der Waals surface area contributed by atoms with Gasteiger partial charge in [0.2, 0.25) is 0 Å². The second kappa shape index (κ2) is 6.07. The fourth-order valence-corrected chi connectivity index (χ4v) is 1.46. The highest BCUT2D eigenvalue weighted by Crippen LogP contribution is 2.16. The number of carbonyl (C=O) groups is 2. The first-order valence-electron chi connectivity index (χ1n) is 4.36. The molecule has 2 amide bonds. The standard InChI is InChI=1S/C10H8IN3O2/c11-7-3-1-2-4-8(7)14-10(16)9(15)13-6-5-12/h1-4H,6H2,(H,13,15)(H,14,16). The molecule has 1 aromatic carbocycles. The molecule has 0 fully saturated rings. The lowest BCUT2D eigenvalue weighted by atomic mass is 10.3. The Morgan fingerprint density at radius 2 is 2.00 bits per heavy atom. The van der Waals surface area contributed by atoms with Gasteiger partial charge in [0.1, 0.15) is 6.54 Å². The Balaban J connectivity index is 2.62. The van der Waals surface area contributed by atoms with Gasteiger partial charge in [0.15, 0.2) is 0 Å². The zero-order chi connectivity index (χ0) is 12.0. The monoisotopic (exact) mass is 329 g/mol. The molecule has 82 valence electrons. The minimum Gasteiger partial charge on any atom is -0.335 e. The molecule has 0 radical (unpaired) electrons. The molecule has 1 rings (SSSR count). The number of nitrogens with one attached hydrogen (secondary N) is 2. The van der Waals surface area contributed by atoms with Crippen molar-refractivity contribution in [2.75, 3.05) is 11.9 Å².